The molecule has 43 heavy (non-hydrogen) atoms. The van der Waals surface area contributed by atoms with Crippen molar-refractivity contribution in [1.29, 1.82) is 5.26 Å². The van der Waals surface area contributed by atoms with Crippen molar-refractivity contribution in [3.63, 3.8) is 0 Å². The Balaban J connectivity index is 1.38. The van der Waals surface area contributed by atoms with Crippen molar-refractivity contribution in [1.82, 2.24) is 0 Å². The first-order valence-corrected chi connectivity index (χ1v) is 14.2. The minimum absolute atomic E-state index is 0.253. The van der Waals surface area contributed by atoms with Gasteiger partial charge in [0.2, 0.25) is 11.9 Å². The number of fused-ring (bicyclic) bond motifs is 3. The van der Waals surface area contributed by atoms with Gasteiger partial charge in [-0.2, -0.15) is 9.83 Å². The van der Waals surface area contributed by atoms with Crippen LogP contribution < -0.4 is 4.57 Å². The summed E-state index contributed by atoms with van der Waals surface area (Å²) in [5.74, 6) is -0.253. The highest BCUT2D eigenvalue weighted by atomic mass is 19.1. The van der Waals surface area contributed by atoms with Crippen LogP contribution in [-0.4, -0.2) is 0 Å². The molecule has 0 aliphatic carbocycles. The molecule has 2 heterocycles. The molecule has 0 unspecified atom stereocenters. The number of rotatable bonds is 4. The Bertz CT molecular complexity index is 2220. The van der Waals surface area contributed by atoms with Crippen LogP contribution in [0.15, 0.2) is 120 Å². The summed E-state index contributed by atoms with van der Waals surface area (Å²) in [6.07, 6.45) is 1.50. The zero-order valence-electron chi connectivity index (χ0n) is 24.2. The first kappa shape index (κ1) is 26.4. The molecule has 0 amide bonds. The van der Waals surface area contributed by atoms with Crippen molar-refractivity contribution >= 4 is 21.9 Å². The van der Waals surface area contributed by atoms with Crippen molar-refractivity contribution in [3.05, 3.63) is 138 Å². The van der Waals surface area contributed by atoms with E-state index in [2.05, 4.69) is 78.9 Å². The Morgan fingerprint density at radius 1 is 0.628 bits per heavy atom. The van der Waals surface area contributed by atoms with Gasteiger partial charge in [-0.15, -0.1) is 0 Å². The van der Waals surface area contributed by atoms with E-state index in [-0.39, 0.29) is 5.82 Å². The second-order valence-electron chi connectivity index (χ2n) is 11.0. The number of benzene rings is 5. The van der Waals surface area contributed by atoms with E-state index in [9.17, 15) is 9.65 Å². The monoisotopic (exact) mass is 559 g/mol. The van der Waals surface area contributed by atoms with Gasteiger partial charge in [-0.3, -0.25) is 0 Å². The molecule has 0 N–H and O–H groups in total. The van der Waals surface area contributed by atoms with Crippen molar-refractivity contribution in [2.45, 2.75) is 13.8 Å². The van der Waals surface area contributed by atoms with Crippen LogP contribution in [0.5, 0.6) is 0 Å². The number of hydrogen-bond acceptors (Lipinski definition) is 2. The van der Waals surface area contributed by atoms with Gasteiger partial charge >= 0.3 is 0 Å². The van der Waals surface area contributed by atoms with E-state index in [0.29, 0.717) is 16.7 Å². The number of aromatic nitrogens is 1. The van der Waals surface area contributed by atoms with Crippen LogP contribution in [0.4, 0.5) is 4.39 Å². The molecule has 3 nitrogen and oxygen atoms in total. The van der Waals surface area contributed by atoms with Gasteiger partial charge in [-0.1, -0.05) is 84.9 Å². The topological polar surface area (TPSA) is 40.8 Å². The van der Waals surface area contributed by atoms with Gasteiger partial charge in [-0.25, -0.2) is 4.39 Å². The molecule has 0 bridgehead atoms. The van der Waals surface area contributed by atoms with Crippen LogP contribution in [0.3, 0.4) is 0 Å². The lowest BCUT2D eigenvalue weighted by Gasteiger charge is -2.09. The summed E-state index contributed by atoms with van der Waals surface area (Å²) in [5, 5.41) is 12.0. The van der Waals surface area contributed by atoms with Gasteiger partial charge in [0.1, 0.15) is 18.2 Å². The van der Waals surface area contributed by atoms with Crippen molar-refractivity contribution in [3.8, 4) is 50.7 Å². The zero-order chi connectivity index (χ0) is 29.7. The first-order valence-electron chi connectivity index (χ1n) is 14.2. The minimum atomic E-state index is -0.253. The molecule has 0 saturated carbocycles. The van der Waals surface area contributed by atoms with Gasteiger partial charge in [0.05, 0.1) is 17.2 Å². The normalized spacial score (nSPS) is 11.2. The van der Waals surface area contributed by atoms with E-state index in [1.807, 2.05) is 50.4 Å². The lowest BCUT2D eigenvalue weighted by Crippen LogP contribution is -2.31. The predicted molar refractivity (Wildman–Crippen MR) is 171 cm³/mol. The average Bonchev–Trinajstić information content (AvgIpc) is 3.41. The molecule has 5 aromatic carbocycles. The summed E-state index contributed by atoms with van der Waals surface area (Å²) in [7, 11) is 1.84. The van der Waals surface area contributed by atoms with E-state index in [1.165, 1.54) is 11.8 Å². The maximum absolute atomic E-state index is 14.3. The number of nitriles is 1. The number of hydrogen-bond donors (Lipinski definition) is 0. The fourth-order valence-corrected chi connectivity index (χ4v) is 6.00. The third kappa shape index (κ3) is 4.47. The molecule has 0 fully saturated rings. The molecule has 4 heteroatoms. The highest BCUT2D eigenvalue weighted by Gasteiger charge is 2.24. The molecule has 206 valence electrons. The van der Waals surface area contributed by atoms with Crippen LogP contribution in [0.2, 0.25) is 0 Å². The van der Waals surface area contributed by atoms with Gasteiger partial charge in [0.15, 0.2) is 5.82 Å². The summed E-state index contributed by atoms with van der Waals surface area (Å²) in [5.41, 5.74) is 11.5. The molecule has 0 spiro atoms. The van der Waals surface area contributed by atoms with Crippen LogP contribution in [0, 0.1) is 31.0 Å². The zero-order valence-corrected chi connectivity index (χ0v) is 24.2. The number of aryl methyl sites for hydroxylation is 3. The minimum Gasteiger partial charge on any atom is -0.454 e. The fourth-order valence-electron chi connectivity index (χ4n) is 6.00. The Hall–Kier alpha value is -5.53. The summed E-state index contributed by atoms with van der Waals surface area (Å²) in [4.78, 5) is 0. The summed E-state index contributed by atoms with van der Waals surface area (Å²) < 4.78 is 22.8. The highest BCUT2D eigenvalue weighted by Crippen LogP contribution is 2.42. The van der Waals surface area contributed by atoms with Crippen LogP contribution >= 0.6 is 0 Å². The second kappa shape index (κ2) is 10.4. The Kier molecular flexibility index (Phi) is 6.37. The van der Waals surface area contributed by atoms with E-state index < -0.39 is 0 Å². The molecule has 0 radical (unpaired) electrons. The summed E-state index contributed by atoms with van der Waals surface area (Å²) >= 11 is 0. The Morgan fingerprint density at radius 3 is 1.93 bits per heavy atom. The largest absolute Gasteiger partial charge is 0.454 e. The first-order chi connectivity index (χ1) is 20.9. The quantitative estimate of drug-likeness (QED) is 0.201. The van der Waals surface area contributed by atoms with E-state index in [4.69, 9.17) is 4.42 Å². The van der Waals surface area contributed by atoms with Gasteiger partial charge in [0, 0.05) is 22.4 Å². The molecule has 7 aromatic rings. The number of halogens is 1. The Morgan fingerprint density at radius 2 is 1.23 bits per heavy atom. The van der Waals surface area contributed by atoms with Crippen LogP contribution in [-0.2, 0) is 7.05 Å². The molecule has 0 aliphatic rings. The molecule has 7 rings (SSSR count). The van der Waals surface area contributed by atoms with Crippen molar-refractivity contribution < 1.29 is 13.4 Å². The smallest absolute Gasteiger partial charge is 0.216 e. The Labute approximate surface area is 249 Å². The summed E-state index contributed by atoms with van der Waals surface area (Å²) in [6.45, 7) is 3.81. The molecular weight excluding hydrogens is 531 g/mol. The number of furan rings is 1. The number of pyridine rings is 1. The van der Waals surface area contributed by atoms with Crippen LogP contribution in [0.1, 0.15) is 16.7 Å². The van der Waals surface area contributed by atoms with Gasteiger partial charge < -0.3 is 4.42 Å². The molecule has 0 aliphatic heterocycles. The maximum atomic E-state index is 14.3. The van der Waals surface area contributed by atoms with Crippen LogP contribution in [0.25, 0.3) is 66.6 Å². The average molecular weight is 560 g/mol. The predicted octanol–water partition coefficient (Wildman–Crippen LogP) is 9.71. The standard InChI is InChI=1S/C39H28FN2O/c1-24-12-18-32-33-19-17-31(22-41)37(39(33)43-38(32)36(24)35-20-25(2)34(40)23-42(35)3)28-15-13-27(14-16-28)30-11-7-10-29(21-30)26-8-5-4-6-9-26/h4-21,23H,1-3H3/q+1. The van der Waals surface area contributed by atoms with E-state index >= 15 is 0 Å². The van der Waals surface area contributed by atoms with Gasteiger partial charge in [-0.05, 0) is 71.0 Å². The van der Waals surface area contributed by atoms with Gasteiger partial charge in [0.25, 0.3) is 0 Å². The van der Waals surface area contributed by atoms with E-state index in [0.717, 1.165) is 61.0 Å². The summed E-state index contributed by atoms with van der Waals surface area (Å²) in [6, 6.07) is 39.4. The van der Waals surface area contributed by atoms with Crippen molar-refractivity contribution in [2.75, 3.05) is 0 Å². The molecule has 2 aromatic heterocycles. The number of nitrogens with zero attached hydrogens (tertiary/aromatic N) is 2. The highest BCUT2D eigenvalue weighted by molar-refractivity contribution is 6.14. The maximum Gasteiger partial charge on any atom is 0.216 e. The van der Waals surface area contributed by atoms with E-state index in [1.54, 1.807) is 11.5 Å². The molecular formula is C39H28FN2O+. The SMILES string of the molecule is Cc1cc(-c2c(C)ccc3c2oc2c(-c4ccc(-c5cccc(-c6ccccc6)c5)cc4)c(C#N)ccc23)[n+](C)cc1F. The van der Waals surface area contributed by atoms with Crippen molar-refractivity contribution in [2.24, 2.45) is 7.05 Å². The fraction of sp³-hybridized carbons (Fsp3) is 0.0769. The lowest BCUT2D eigenvalue weighted by molar-refractivity contribution is -0.662. The third-order valence-electron chi connectivity index (χ3n) is 8.29. The third-order valence-corrected chi connectivity index (χ3v) is 8.29. The lowest BCUT2D eigenvalue weighted by atomic mass is 9.94. The molecule has 0 atom stereocenters. The second-order valence-corrected chi connectivity index (χ2v) is 11.0. The molecule has 0 saturated heterocycles.